The zero-order valence-electron chi connectivity index (χ0n) is 20.0. The van der Waals surface area contributed by atoms with E-state index in [1.165, 1.54) is 51.4 Å². The van der Waals surface area contributed by atoms with Crippen LogP contribution < -0.4 is 0 Å². The first-order valence-corrected chi connectivity index (χ1v) is 15.0. The molecule has 0 aromatic carbocycles. The molecule has 4 fully saturated rings. The van der Waals surface area contributed by atoms with E-state index in [0.29, 0.717) is 12.2 Å². The predicted molar refractivity (Wildman–Crippen MR) is 126 cm³/mol. The van der Waals surface area contributed by atoms with Gasteiger partial charge in [-0.3, -0.25) is 0 Å². The zero-order valence-corrected chi connectivity index (χ0v) is 20.8. The summed E-state index contributed by atoms with van der Waals surface area (Å²) in [4.78, 5) is 0. The highest BCUT2D eigenvalue weighted by Crippen LogP contribution is 2.37. The third-order valence-electron chi connectivity index (χ3n) is 8.87. The molecule has 4 aliphatic carbocycles. The Morgan fingerprint density at radius 2 is 0.710 bits per heavy atom. The average Bonchev–Trinajstić information content (AvgIpc) is 2.78. The second kappa shape index (κ2) is 10.9. The summed E-state index contributed by atoms with van der Waals surface area (Å²) in [6, 6.07) is 0. The van der Waals surface area contributed by atoms with Crippen molar-refractivity contribution in [2.24, 2.45) is 11.8 Å². The highest BCUT2D eigenvalue weighted by Gasteiger charge is 2.39. The highest BCUT2D eigenvalue weighted by molar-refractivity contribution is 7.92. The van der Waals surface area contributed by atoms with E-state index in [0.717, 1.165) is 63.2 Å². The van der Waals surface area contributed by atoms with Gasteiger partial charge in [-0.25, -0.2) is 8.42 Å². The fourth-order valence-electron chi connectivity index (χ4n) is 6.54. The van der Waals surface area contributed by atoms with Crippen molar-refractivity contribution in [1.82, 2.24) is 0 Å². The lowest BCUT2D eigenvalue weighted by molar-refractivity contribution is -0.0504. The van der Waals surface area contributed by atoms with Gasteiger partial charge in [-0.15, -0.1) is 0 Å². The maximum Gasteiger partial charge on any atom is 0.156 e. The summed E-state index contributed by atoms with van der Waals surface area (Å²) >= 11 is 0. The van der Waals surface area contributed by atoms with Crippen molar-refractivity contribution in [1.29, 1.82) is 0 Å². The van der Waals surface area contributed by atoms with Gasteiger partial charge in [0.15, 0.2) is 9.84 Å². The first-order chi connectivity index (χ1) is 14.9. The Morgan fingerprint density at radius 1 is 0.452 bits per heavy atom. The molecule has 0 aliphatic heterocycles. The van der Waals surface area contributed by atoms with Crippen molar-refractivity contribution >= 4 is 9.84 Å². The molecule has 0 saturated heterocycles. The fourth-order valence-corrected chi connectivity index (χ4v) is 8.94. The van der Waals surface area contributed by atoms with E-state index in [9.17, 15) is 8.42 Å². The van der Waals surface area contributed by atoms with Crippen LogP contribution in [0.25, 0.3) is 0 Å². The minimum absolute atomic E-state index is 0.138. The topological polar surface area (TPSA) is 52.6 Å². The Morgan fingerprint density at radius 3 is 1.00 bits per heavy atom. The second-order valence-corrected chi connectivity index (χ2v) is 13.9. The van der Waals surface area contributed by atoms with Crippen LogP contribution in [-0.2, 0) is 19.3 Å². The zero-order chi connectivity index (χ0) is 21.8. The third kappa shape index (κ3) is 6.47. The van der Waals surface area contributed by atoms with E-state index in [2.05, 4.69) is 13.8 Å². The molecule has 0 radical (unpaired) electrons. The highest BCUT2D eigenvalue weighted by atomic mass is 32.2. The van der Waals surface area contributed by atoms with Crippen LogP contribution in [0.4, 0.5) is 0 Å². The minimum Gasteiger partial charge on any atom is -0.375 e. The Balaban J connectivity index is 1.18. The van der Waals surface area contributed by atoms with Gasteiger partial charge in [0.05, 0.1) is 34.9 Å². The first kappa shape index (κ1) is 24.0. The standard InChI is InChI=1S/C26H46O4S/c1-19-3-7-21(8-4-19)29-23-11-15-25(16-12-23)31(27,28)26-17-13-24(14-18-26)30-22-9-5-20(2)6-10-22/h19-26H,3-18H2,1-2H3. The molecule has 4 aliphatic rings. The van der Waals surface area contributed by atoms with Crippen molar-refractivity contribution in [3.8, 4) is 0 Å². The van der Waals surface area contributed by atoms with E-state index >= 15 is 0 Å². The Hall–Kier alpha value is -0.130. The number of hydrogen-bond donors (Lipinski definition) is 0. The summed E-state index contributed by atoms with van der Waals surface area (Å²) in [7, 11) is -3.02. The molecule has 0 spiro atoms. The molecule has 0 aromatic heterocycles. The van der Waals surface area contributed by atoms with Crippen LogP contribution in [0.1, 0.15) is 117 Å². The Labute approximate surface area is 191 Å². The summed E-state index contributed by atoms with van der Waals surface area (Å²) in [5, 5.41) is -0.276. The molecular formula is C26H46O4S. The van der Waals surface area contributed by atoms with Gasteiger partial charge in [-0.1, -0.05) is 13.8 Å². The monoisotopic (exact) mass is 454 g/mol. The lowest BCUT2D eigenvalue weighted by Crippen LogP contribution is -2.40. The molecule has 180 valence electrons. The normalized spacial score (nSPS) is 42.9. The van der Waals surface area contributed by atoms with E-state index < -0.39 is 9.84 Å². The van der Waals surface area contributed by atoms with Gasteiger partial charge in [-0.05, 0) is 115 Å². The molecule has 0 atom stereocenters. The van der Waals surface area contributed by atoms with Crippen LogP contribution in [0.15, 0.2) is 0 Å². The number of sulfone groups is 1. The van der Waals surface area contributed by atoms with E-state index in [-0.39, 0.29) is 22.7 Å². The average molecular weight is 455 g/mol. The van der Waals surface area contributed by atoms with Crippen LogP contribution in [0.3, 0.4) is 0 Å². The van der Waals surface area contributed by atoms with Crippen LogP contribution in [-0.4, -0.2) is 43.3 Å². The van der Waals surface area contributed by atoms with Crippen LogP contribution in [0.5, 0.6) is 0 Å². The maximum absolute atomic E-state index is 13.3. The van der Waals surface area contributed by atoms with Crippen LogP contribution >= 0.6 is 0 Å². The van der Waals surface area contributed by atoms with Crippen molar-refractivity contribution in [2.75, 3.05) is 0 Å². The van der Waals surface area contributed by atoms with E-state index in [1.54, 1.807) is 0 Å². The molecule has 0 heterocycles. The number of rotatable bonds is 6. The van der Waals surface area contributed by atoms with Crippen molar-refractivity contribution < 1.29 is 17.9 Å². The summed E-state index contributed by atoms with van der Waals surface area (Å²) < 4.78 is 39.4. The van der Waals surface area contributed by atoms with Gasteiger partial charge in [0.2, 0.25) is 0 Å². The summed E-state index contributed by atoms with van der Waals surface area (Å²) in [5.41, 5.74) is 0. The second-order valence-electron chi connectivity index (χ2n) is 11.4. The predicted octanol–water partition coefficient (Wildman–Crippen LogP) is 6.21. The molecule has 4 nitrogen and oxygen atoms in total. The smallest absolute Gasteiger partial charge is 0.156 e. The van der Waals surface area contributed by atoms with Gasteiger partial charge >= 0.3 is 0 Å². The molecule has 0 N–H and O–H groups in total. The summed E-state index contributed by atoms with van der Waals surface area (Å²) in [6.07, 6.45) is 18.1. The number of ether oxygens (including phenoxy) is 2. The van der Waals surface area contributed by atoms with Gasteiger partial charge < -0.3 is 9.47 Å². The van der Waals surface area contributed by atoms with Gasteiger partial charge in [-0.2, -0.15) is 0 Å². The third-order valence-corrected chi connectivity index (χ3v) is 11.7. The van der Waals surface area contributed by atoms with Crippen LogP contribution in [0.2, 0.25) is 0 Å². The minimum atomic E-state index is -3.02. The molecule has 31 heavy (non-hydrogen) atoms. The SMILES string of the molecule is CC1CCC(OC2CCC(S(=O)(=O)C3CCC(OC4CCC(C)CC4)CC3)CC2)CC1. The quantitative estimate of drug-likeness (QED) is 0.478. The number of hydrogen-bond acceptors (Lipinski definition) is 4. The lowest BCUT2D eigenvalue weighted by atomic mass is 9.88. The van der Waals surface area contributed by atoms with Gasteiger partial charge in [0.1, 0.15) is 0 Å². The summed E-state index contributed by atoms with van der Waals surface area (Å²) in [6.45, 7) is 4.67. The van der Waals surface area contributed by atoms with Crippen molar-refractivity contribution in [3.63, 3.8) is 0 Å². The molecule has 0 aromatic rings. The maximum atomic E-state index is 13.3. The Kier molecular flexibility index (Phi) is 8.41. The van der Waals surface area contributed by atoms with E-state index in [1.807, 2.05) is 0 Å². The molecule has 0 unspecified atom stereocenters. The fraction of sp³-hybridized carbons (Fsp3) is 1.00. The van der Waals surface area contributed by atoms with Gasteiger partial charge in [0, 0.05) is 0 Å². The molecule has 0 amide bonds. The van der Waals surface area contributed by atoms with Crippen LogP contribution in [0, 0.1) is 11.8 Å². The molecular weight excluding hydrogens is 408 g/mol. The molecule has 5 heteroatoms. The molecule has 4 rings (SSSR count). The van der Waals surface area contributed by atoms with E-state index in [4.69, 9.17) is 9.47 Å². The lowest BCUT2D eigenvalue weighted by Gasteiger charge is -2.37. The van der Waals surface area contributed by atoms with Gasteiger partial charge in [0.25, 0.3) is 0 Å². The largest absolute Gasteiger partial charge is 0.375 e. The molecule has 4 saturated carbocycles. The first-order valence-electron chi connectivity index (χ1n) is 13.4. The molecule has 0 bridgehead atoms. The van der Waals surface area contributed by atoms with Crippen molar-refractivity contribution in [2.45, 2.75) is 151 Å². The summed E-state index contributed by atoms with van der Waals surface area (Å²) in [5.74, 6) is 1.68. The van der Waals surface area contributed by atoms with Crippen molar-refractivity contribution in [3.05, 3.63) is 0 Å². The Bertz CT molecular complexity index is 580.